The van der Waals surface area contributed by atoms with Crippen LogP contribution < -0.4 is 14.8 Å². The smallest absolute Gasteiger partial charge is 0.255 e. The third-order valence-corrected chi connectivity index (χ3v) is 4.77. The van der Waals surface area contributed by atoms with Gasteiger partial charge in [0.2, 0.25) is 5.91 Å². The van der Waals surface area contributed by atoms with Gasteiger partial charge in [-0.15, -0.1) is 0 Å². The van der Waals surface area contributed by atoms with Gasteiger partial charge in [0.15, 0.2) is 11.5 Å². The SMILES string of the molecule is COc1cc(Cl)c(NC(=O)c2cccc(CN3CCCC3=O)c2)cc1OC. The predicted octanol–water partition coefficient (Wildman–Crippen LogP) is 3.73. The molecule has 1 aliphatic heterocycles. The van der Waals surface area contributed by atoms with E-state index in [0.29, 0.717) is 40.7 Å². The molecular formula is C20H21ClN2O4. The van der Waals surface area contributed by atoms with Gasteiger partial charge in [-0.1, -0.05) is 23.7 Å². The van der Waals surface area contributed by atoms with E-state index in [9.17, 15) is 9.59 Å². The minimum Gasteiger partial charge on any atom is -0.493 e. The largest absolute Gasteiger partial charge is 0.493 e. The van der Waals surface area contributed by atoms with Crippen LogP contribution >= 0.6 is 11.6 Å². The Bertz CT molecular complexity index is 869. The van der Waals surface area contributed by atoms with Crippen molar-refractivity contribution in [2.75, 3.05) is 26.1 Å². The molecule has 7 heteroatoms. The zero-order valence-corrected chi connectivity index (χ0v) is 16.0. The van der Waals surface area contributed by atoms with E-state index in [1.807, 2.05) is 11.0 Å². The number of carbonyl (C=O) groups is 2. The average Bonchev–Trinajstić information content (AvgIpc) is 3.07. The monoisotopic (exact) mass is 388 g/mol. The first-order chi connectivity index (χ1) is 13.0. The Morgan fingerprint density at radius 2 is 1.93 bits per heavy atom. The molecule has 1 N–H and O–H groups in total. The molecule has 27 heavy (non-hydrogen) atoms. The number of nitrogens with zero attached hydrogens (tertiary/aromatic N) is 1. The highest BCUT2D eigenvalue weighted by Crippen LogP contribution is 2.36. The highest BCUT2D eigenvalue weighted by Gasteiger charge is 2.20. The van der Waals surface area contributed by atoms with E-state index in [2.05, 4.69) is 5.32 Å². The molecule has 0 saturated carbocycles. The number of methoxy groups -OCH3 is 2. The fraction of sp³-hybridized carbons (Fsp3) is 0.300. The summed E-state index contributed by atoms with van der Waals surface area (Å²) in [5.74, 6) is 0.817. The molecule has 3 rings (SSSR count). The van der Waals surface area contributed by atoms with Crippen LogP contribution in [0.3, 0.4) is 0 Å². The Morgan fingerprint density at radius 1 is 1.19 bits per heavy atom. The molecule has 0 bridgehead atoms. The van der Waals surface area contributed by atoms with Crippen LogP contribution in [0.15, 0.2) is 36.4 Å². The second kappa shape index (κ2) is 8.31. The number of rotatable bonds is 6. The van der Waals surface area contributed by atoms with Gasteiger partial charge in [-0.2, -0.15) is 0 Å². The normalized spacial score (nSPS) is 13.6. The van der Waals surface area contributed by atoms with Gasteiger partial charge in [0, 0.05) is 37.2 Å². The van der Waals surface area contributed by atoms with Crippen molar-refractivity contribution in [1.82, 2.24) is 4.90 Å². The Labute approximate surface area is 163 Å². The molecule has 0 spiro atoms. The minimum absolute atomic E-state index is 0.155. The van der Waals surface area contributed by atoms with Gasteiger partial charge in [0.05, 0.1) is 24.9 Å². The van der Waals surface area contributed by atoms with E-state index < -0.39 is 0 Å². The van der Waals surface area contributed by atoms with Crippen molar-refractivity contribution in [3.63, 3.8) is 0 Å². The maximum absolute atomic E-state index is 12.7. The van der Waals surface area contributed by atoms with Crippen molar-refractivity contribution in [2.45, 2.75) is 19.4 Å². The number of hydrogen-bond acceptors (Lipinski definition) is 4. The zero-order valence-electron chi connectivity index (χ0n) is 15.3. The second-order valence-corrected chi connectivity index (χ2v) is 6.67. The van der Waals surface area contributed by atoms with Gasteiger partial charge in [-0.3, -0.25) is 9.59 Å². The lowest BCUT2D eigenvalue weighted by Gasteiger charge is -2.16. The van der Waals surface area contributed by atoms with Crippen molar-refractivity contribution in [3.05, 3.63) is 52.5 Å². The zero-order chi connectivity index (χ0) is 19.4. The summed E-state index contributed by atoms with van der Waals surface area (Å²) in [7, 11) is 3.03. The number of halogens is 1. The molecule has 2 amide bonds. The lowest BCUT2D eigenvalue weighted by atomic mass is 10.1. The summed E-state index contributed by atoms with van der Waals surface area (Å²) in [6, 6.07) is 10.4. The molecule has 2 aromatic carbocycles. The van der Waals surface area contributed by atoms with Crippen LogP contribution in [0.1, 0.15) is 28.8 Å². The Morgan fingerprint density at radius 3 is 2.59 bits per heavy atom. The topological polar surface area (TPSA) is 67.9 Å². The van der Waals surface area contributed by atoms with Crippen molar-refractivity contribution in [2.24, 2.45) is 0 Å². The molecule has 0 unspecified atom stereocenters. The molecule has 6 nitrogen and oxygen atoms in total. The van der Waals surface area contributed by atoms with E-state index in [4.69, 9.17) is 21.1 Å². The van der Waals surface area contributed by atoms with Gasteiger partial charge < -0.3 is 19.7 Å². The van der Waals surface area contributed by atoms with Gasteiger partial charge in [-0.25, -0.2) is 0 Å². The van der Waals surface area contributed by atoms with Gasteiger partial charge >= 0.3 is 0 Å². The molecule has 2 aromatic rings. The minimum atomic E-state index is -0.293. The fourth-order valence-corrected chi connectivity index (χ4v) is 3.25. The van der Waals surface area contributed by atoms with Crippen molar-refractivity contribution >= 4 is 29.1 Å². The van der Waals surface area contributed by atoms with Crippen LogP contribution in [0.25, 0.3) is 0 Å². The first-order valence-electron chi connectivity index (χ1n) is 8.61. The predicted molar refractivity (Wildman–Crippen MR) is 104 cm³/mol. The van der Waals surface area contributed by atoms with E-state index in [0.717, 1.165) is 18.5 Å². The highest BCUT2D eigenvalue weighted by atomic mass is 35.5. The summed E-state index contributed by atoms with van der Waals surface area (Å²) in [5, 5.41) is 3.14. The quantitative estimate of drug-likeness (QED) is 0.818. The number of nitrogens with one attached hydrogen (secondary N) is 1. The Balaban J connectivity index is 1.76. The molecule has 0 aromatic heterocycles. The van der Waals surface area contributed by atoms with Gasteiger partial charge in [-0.05, 0) is 24.1 Å². The van der Waals surface area contributed by atoms with Crippen molar-refractivity contribution in [1.29, 1.82) is 0 Å². The van der Waals surface area contributed by atoms with Crippen molar-refractivity contribution < 1.29 is 19.1 Å². The lowest BCUT2D eigenvalue weighted by molar-refractivity contribution is -0.128. The maximum Gasteiger partial charge on any atom is 0.255 e. The third kappa shape index (κ3) is 4.34. The van der Waals surface area contributed by atoms with E-state index >= 15 is 0 Å². The summed E-state index contributed by atoms with van der Waals surface area (Å²) in [6.07, 6.45) is 1.48. The van der Waals surface area contributed by atoms with Crippen LogP contribution in [0.5, 0.6) is 11.5 Å². The van der Waals surface area contributed by atoms with E-state index in [-0.39, 0.29) is 11.8 Å². The molecule has 1 saturated heterocycles. The molecular weight excluding hydrogens is 368 g/mol. The molecule has 0 aliphatic carbocycles. The summed E-state index contributed by atoms with van der Waals surface area (Å²) >= 11 is 6.23. The van der Waals surface area contributed by atoms with Crippen LogP contribution in [0, 0.1) is 0 Å². The Hall–Kier alpha value is -2.73. The van der Waals surface area contributed by atoms with Crippen LogP contribution in [0.4, 0.5) is 5.69 Å². The van der Waals surface area contributed by atoms with Crippen LogP contribution in [0.2, 0.25) is 5.02 Å². The number of ether oxygens (including phenoxy) is 2. The number of anilines is 1. The maximum atomic E-state index is 12.7. The summed E-state index contributed by atoms with van der Waals surface area (Å²) < 4.78 is 10.4. The van der Waals surface area contributed by atoms with E-state index in [1.54, 1.807) is 30.3 Å². The lowest BCUT2D eigenvalue weighted by Crippen LogP contribution is -2.24. The van der Waals surface area contributed by atoms with Crippen molar-refractivity contribution in [3.8, 4) is 11.5 Å². The molecule has 0 radical (unpaired) electrons. The summed E-state index contributed by atoms with van der Waals surface area (Å²) in [4.78, 5) is 26.3. The Kier molecular flexibility index (Phi) is 5.86. The summed E-state index contributed by atoms with van der Waals surface area (Å²) in [6.45, 7) is 1.27. The number of benzene rings is 2. The first kappa shape index (κ1) is 19.0. The molecule has 1 fully saturated rings. The number of carbonyl (C=O) groups excluding carboxylic acids is 2. The fourth-order valence-electron chi connectivity index (χ4n) is 3.05. The van der Waals surface area contributed by atoms with Gasteiger partial charge in [0.1, 0.15) is 0 Å². The standard InChI is InChI=1S/C20H21ClN2O4/c1-26-17-10-15(21)16(11-18(17)27-2)22-20(25)14-6-3-5-13(9-14)12-23-8-4-7-19(23)24/h3,5-6,9-11H,4,7-8,12H2,1-2H3,(H,22,25). The van der Waals surface area contributed by atoms with E-state index in [1.165, 1.54) is 14.2 Å². The summed E-state index contributed by atoms with van der Waals surface area (Å²) in [5.41, 5.74) is 1.83. The number of hydrogen-bond donors (Lipinski definition) is 1. The van der Waals surface area contributed by atoms with Crippen LogP contribution in [-0.4, -0.2) is 37.5 Å². The molecule has 0 atom stereocenters. The molecule has 1 heterocycles. The second-order valence-electron chi connectivity index (χ2n) is 6.26. The highest BCUT2D eigenvalue weighted by molar-refractivity contribution is 6.34. The van der Waals surface area contributed by atoms with Gasteiger partial charge in [0.25, 0.3) is 5.91 Å². The number of amides is 2. The first-order valence-corrected chi connectivity index (χ1v) is 8.99. The average molecular weight is 389 g/mol. The third-order valence-electron chi connectivity index (χ3n) is 4.46. The number of likely N-dealkylation sites (tertiary alicyclic amines) is 1. The van der Waals surface area contributed by atoms with Crippen LogP contribution in [-0.2, 0) is 11.3 Å². The molecule has 1 aliphatic rings. The molecule has 142 valence electrons.